The van der Waals surface area contributed by atoms with Gasteiger partial charge in [0.15, 0.2) is 11.5 Å². The van der Waals surface area contributed by atoms with Gasteiger partial charge in [-0.15, -0.1) is 0 Å². The molecule has 4 amide bonds. The standard InChI is InChI=1S/C29H28N2O6/c1-3-37-21-11-7-10-18(24(21)32)23-16-12-13-17-22(26(34)30-25(17)33)19(16)14-20-27(35)31(28(36)29(20,23)2)15-8-5-4-6-9-15/h4-12,17,19-20,22-23,32H,3,13-14H2,1-2H3,(H,30,33,34)/t17-,19+,20-,22-,23+,29+/m0/s1. The summed E-state index contributed by atoms with van der Waals surface area (Å²) in [6, 6.07) is 14.0. The van der Waals surface area contributed by atoms with Crippen molar-refractivity contribution < 1.29 is 29.0 Å². The van der Waals surface area contributed by atoms with Crippen LogP contribution in [0.2, 0.25) is 0 Å². The van der Waals surface area contributed by atoms with Crippen molar-refractivity contribution in [3.63, 3.8) is 0 Å². The number of rotatable bonds is 4. The Hall–Kier alpha value is -3.94. The van der Waals surface area contributed by atoms with E-state index in [4.69, 9.17) is 4.74 Å². The molecule has 2 aromatic rings. The molecule has 4 aliphatic rings. The summed E-state index contributed by atoms with van der Waals surface area (Å²) in [5.41, 5.74) is 0.588. The number of amides is 4. The van der Waals surface area contributed by atoms with E-state index in [-0.39, 0.29) is 35.8 Å². The summed E-state index contributed by atoms with van der Waals surface area (Å²) in [4.78, 5) is 54.9. The first-order chi connectivity index (χ1) is 17.8. The number of hydrogen-bond acceptors (Lipinski definition) is 6. The summed E-state index contributed by atoms with van der Waals surface area (Å²) in [7, 11) is 0. The third kappa shape index (κ3) is 3.14. The lowest BCUT2D eigenvalue weighted by atomic mass is 9.51. The van der Waals surface area contributed by atoms with Gasteiger partial charge in [0, 0.05) is 11.5 Å². The topological polar surface area (TPSA) is 113 Å². The van der Waals surface area contributed by atoms with E-state index < -0.39 is 35.0 Å². The molecule has 2 saturated heterocycles. The molecule has 3 fully saturated rings. The van der Waals surface area contributed by atoms with Crippen molar-refractivity contribution in [3.05, 3.63) is 65.7 Å². The van der Waals surface area contributed by atoms with Crippen LogP contribution in [0.15, 0.2) is 60.2 Å². The molecule has 0 radical (unpaired) electrons. The number of nitrogens with one attached hydrogen (secondary N) is 1. The molecule has 2 N–H and O–H groups in total. The van der Waals surface area contributed by atoms with Crippen LogP contribution in [0.25, 0.3) is 0 Å². The van der Waals surface area contributed by atoms with E-state index in [1.54, 1.807) is 49.4 Å². The van der Waals surface area contributed by atoms with Crippen molar-refractivity contribution in [1.29, 1.82) is 0 Å². The second kappa shape index (κ2) is 8.30. The summed E-state index contributed by atoms with van der Waals surface area (Å²) in [5, 5.41) is 13.8. The summed E-state index contributed by atoms with van der Waals surface area (Å²) in [6.07, 6.45) is 2.59. The summed E-state index contributed by atoms with van der Waals surface area (Å²) in [5.74, 6) is -3.99. The number of carbonyl (C=O) groups excluding carboxylic acids is 4. The lowest BCUT2D eigenvalue weighted by Crippen LogP contribution is -2.48. The molecule has 2 aromatic carbocycles. The lowest BCUT2D eigenvalue weighted by molar-refractivity contribution is -0.131. The predicted octanol–water partition coefficient (Wildman–Crippen LogP) is 3.31. The van der Waals surface area contributed by atoms with E-state index in [0.717, 1.165) is 5.57 Å². The van der Waals surface area contributed by atoms with E-state index in [9.17, 15) is 24.3 Å². The van der Waals surface area contributed by atoms with Crippen LogP contribution in [0.1, 0.15) is 38.2 Å². The molecule has 1 saturated carbocycles. The van der Waals surface area contributed by atoms with Gasteiger partial charge < -0.3 is 9.84 Å². The van der Waals surface area contributed by atoms with Gasteiger partial charge >= 0.3 is 0 Å². The van der Waals surface area contributed by atoms with Gasteiger partial charge in [0.1, 0.15) is 0 Å². The fourth-order valence-corrected chi connectivity index (χ4v) is 7.14. The quantitative estimate of drug-likeness (QED) is 0.492. The molecule has 37 heavy (non-hydrogen) atoms. The van der Waals surface area contributed by atoms with Crippen LogP contribution in [0, 0.1) is 29.1 Å². The highest BCUT2D eigenvalue weighted by Crippen LogP contribution is 2.64. The number of imide groups is 2. The molecule has 8 nitrogen and oxygen atoms in total. The fraction of sp³-hybridized carbons (Fsp3) is 0.379. The average molecular weight is 501 g/mol. The molecule has 6 rings (SSSR count). The number of phenolic OH excluding ortho intramolecular Hbond substituents is 1. The summed E-state index contributed by atoms with van der Waals surface area (Å²) >= 11 is 0. The molecule has 0 aromatic heterocycles. The number of para-hydroxylation sites is 2. The molecule has 8 heteroatoms. The highest BCUT2D eigenvalue weighted by molar-refractivity contribution is 6.24. The average Bonchev–Trinajstić information content (AvgIpc) is 3.29. The molecular formula is C29H28N2O6. The van der Waals surface area contributed by atoms with Crippen LogP contribution in [-0.4, -0.2) is 35.3 Å². The van der Waals surface area contributed by atoms with Crippen molar-refractivity contribution in [2.45, 2.75) is 32.6 Å². The monoisotopic (exact) mass is 500 g/mol. The van der Waals surface area contributed by atoms with Gasteiger partial charge in [-0.2, -0.15) is 0 Å². The van der Waals surface area contributed by atoms with Crippen LogP contribution in [-0.2, 0) is 19.2 Å². The van der Waals surface area contributed by atoms with Crippen molar-refractivity contribution >= 4 is 29.3 Å². The first kappa shape index (κ1) is 23.5. The van der Waals surface area contributed by atoms with E-state index in [0.29, 0.717) is 30.0 Å². The first-order valence-electron chi connectivity index (χ1n) is 12.7. The smallest absolute Gasteiger partial charge is 0.241 e. The van der Waals surface area contributed by atoms with Gasteiger partial charge in [-0.05, 0) is 50.8 Å². The molecule has 6 atom stereocenters. The predicted molar refractivity (Wildman–Crippen MR) is 133 cm³/mol. The molecule has 190 valence electrons. The van der Waals surface area contributed by atoms with Crippen molar-refractivity contribution in [1.82, 2.24) is 5.32 Å². The second-order valence-corrected chi connectivity index (χ2v) is 10.5. The van der Waals surface area contributed by atoms with Crippen LogP contribution >= 0.6 is 0 Å². The Labute approximate surface area is 214 Å². The van der Waals surface area contributed by atoms with Gasteiger partial charge in [-0.1, -0.05) is 42.0 Å². The number of allylic oxidation sites excluding steroid dienone is 2. The number of phenols is 1. The molecule has 2 aliphatic carbocycles. The first-order valence-corrected chi connectivity index (χ1v) is 12.7. The number of carbonyl (C=O) groups is 4. The number of fused-ring (bicyclic) bond motifs is 4. The van der Waals surface area contributed by atoms with Gasteiger partial charge in [0.05, 0.1) is 35.5 Å². The molecule has 0 spiro atoms. The lowest BCUT2D eigenvalue weighted by Gasteiger charge is -2.49. The molecule has 0 unspecified atom stereocenters. The minimum atomic E-state index is -1.20. The third-order valence-corrected chi connectivity index (χ3v) is 8.77. The number of ether oxygens (including phenoxy) is 1. The van der Waals surface area contributed by atoms with Crippen LogP contribution in [0.3, 0.4) is 0 Å². The van der Waals surface area contributed by atoms with Gasteiger partial charge in [0.25, 0.3) is 0 Å². The van der Waals surface area contributed by atoms with Crippen LogP contribution in [0.4, 0.5) is 5.69 Å². The van der Waals surface area contributed by atoms with Crippen LogP contribution < -0.4 is 15.0 Å². The molecular weight excluding hydrogens is 472 g/mol. The highest BCUT2D eigenvalue weighted by Gasteiger charge is 2.67. The van der Waals surface area contributed by atoms with Crippen molar-refractivity contribution in [2.24, 2.45) is 29.1 Å². The summed E-state index contributed by atoms with van der Waals surface area (Å²) < 4.78 is 5.65. The van der Waals surface area contributed by atoms with Crippen molar-refractivity contribution in [3.8, 4) is 11.5 Å². The minimum absolute atomic E-state index is 0.0802. The van der Waals surface area contributed by atoms with E-state index in [2.05, 4.69) is 5.32 Å². The summed E-state index contributed by atoms with van der Waals surface area (Å²) in [6.45, 7) is 3.95. The number of nitrogens with zero attached hydrogens (tertiary/aromatic N) is 1. The zero-order chi connectivity index (χ0) is 26.1. The largest absolute Gasteiger partial charge is 0.504 e. The van der Waals surface area contributed by atoms with Crippen molar-refractivity contribution in [2.75, 3.05) is 11.5 Å². The maximum atomic E-state index is 14.2. The Morgan fingerprint density at radius 1 is 1.03 bits per heavy atom. The molecule has 2 heterocycles. The van der Waals surface area contributed by atoms with Gasteiger partial charge in [-0.25, -0.2) is 4.90 Å². The Morgan fingerprint density at radius 3 is 2.51 bits per heavy atom. The number of anilines is 1. The SMILES string of the molecule is CCOc1cccc([C@H]2C3=CC[C@@H]4C(=O)NC(=O)[C@@H]4[C@@H]3C[C@H]3C(=O)N(c4ccccc4)C(=O)[C@@]23C)c1O. The Kier molecular flexibility index (Phi) is 5.26. The highest BCUT2D eigenvalue weighted by atomic mass is 16.5. The normalized spacial score (nSPS) is 32.4. The van der Waals surface area contributed by atoms with Gasteiger partial charge in [0.2, 0.25) is 23.6 Å². The van der Waals surface area contributed by atoms with E-state index >= 15 is 0 Å². The second-order valence-electron chi connectivity index (χ2n) is 10.5. The Balaban J connectivity index is 1.56. The number of hydrogen-bond donors (Lipinski definition) is 2. The number of benzene rings is 2. The zero-order valence-corrected chi connectivity index (χ0v) is 20.6. The zero-order valence-electron chi connectivity index (χ0n) is 20.6. The van der Waals surface area contributed by atoms with Crippen LogP contribution in [0.5, 0.6) is 11.5 Å². The maximum Gasteiger partial charge on any atom is 0.241 e. The molecule has 0 bridgehead atoms. The Morgan fingerprint density at radius 2 is 1.78 bits per heavy atom. The van der Waals surface area contributed by atoms with Gasteiger partial charge in [-0.3, -0.25) is 24.5 Å². The maximum absolute atomic E-state index is 14.2. The number of aromatic hydroxyl groups is 1. The van der Waals surface area contributed by atoms with E-state index in [1.807, 2.05) is 19.1 Å². The third-order valence-electron chi connectivity index (χ3n) is 8.77. The Bertz CT molecular complexity index is 1370. The fourth-order valence-electron chi connectivity index (χ4n) is 7.14. The van der Waals surface area contributed by atoms with E-state index in [1.165, 1.54) is 4.90 Å². The minimum Gasteiger partial charge on any atom is -0.504 e. The molecule has 2 aliphatic heterocycles.